The maximum absolute atomic E-state index is 12.8. The van der Waals surface area contributed by atoms with Crippen LogP contribution in [0.4, 0.5) is 5.13 Å². The monoisotopic (exact) mass is 437 g/mol. The lowest BCUT2D eigenvalue weighted by atomic mass is 10.1. The van der Waals surface area contributed by atoms with Crippen LogP contribution in [0.1, 0.15) is 39.9 Å². The number of benzene rings is 1. The molecular weight excluding hydrogens is 414 g/mol. The summed E-state index contributed by atoms with van der Waals surface area (Å²) in [5.41, 5.74) is 4.68. The van der Waals surface area contributed by atoms with Crippen molar-refractivity contribution in [2.45, 2.75) is 40.8 Å². The Morgan fingerprint density at radius 3 is 2.71 bits per heavy atom. The third kappa shape index (κ3) is 4.66. The van der Waals surface area contributed by atoms with Crippen molar-refractivity contribution in [1.29, 1.82) is 0 Å². The Kier molecular flexibility index (Phi) is 5.85. The van der Waals surface area contributed by atoms with Crippen LogP contribution in [0.2, 0.25) is 0 Å². The van der Waals surface area contributed by atoms with E-state index in [1.807, 2.05) is 49.2 Å². The van der Waals surface area contributed by atoms with Crippen LogP contribution in [-0.4, -0.2) is 25.8 Å². The molecule has 0 radical (unpaired) electrons. The predicted octanol–water partition coefficient (Wildman–Crippen LogP) is 4.77. The molecule has 0 aliphatic carbocycles. The van der Waals surface area contributed by atoms with Crippen LogP contribution in [0.3, 0.4) is 0 Å². The number of aryl methyl sites for hydroxylation is 4. The van der Waals surface area contributed by atoms with Crippen molar-refractivity contribution in [3.05, 3.63) is 64.1 Å². The van der Waals surface area contributed by atoms with E-state index in [1.165, 1.54) is 11.3 Å². The van der Waals surface area contributed by atoms with E-state index in [0.717, 1.165) is 34.7 Å². The number of hydrogen-bond donors (Lipinski definition) is 1. The molecule has 4 aromatic rings. The van der Waals surface area contributed by atoms with E-state index in [0.29, 0.717) is 16.5 Å². The number of rotatable bonds is 7. The van der Waals surface area contributed by atoms with Crippen molar-refractivity contribution in [2.75, 3.05) is 5.32 Å². The van der Waals surface area contributed by atoms with Gasteiger partial charge < -0.3 is 9.26 Å². The summed E-state index contributed by atoms with van der Waals surface area (Å²) in [6.07, 6.45) is 3.68. The van der Waals surface area contributed by atoms with Crippen molar-refractivity contribution in [2.24, 2.45) is 0 Å². The van der Waals surface area contributed by atoms with Gasteiger partial charge in [-0.25, -0.2) is 4.98 Å². The van der Waals surface area contributed by atoms with Gasteiger partial charge in [-0.1, -0.05) is 11.2 Å². The van der Waals surface area contributed by atoms with Crippen LogP contribution < -0.4 is 10.1 Å². The van der Waals surface area contributed by atoms with E-state index in [-0.39, 0.29) is 18.2 Å². The van der Waals surface area contributed by atoms with Gasteiger partial charge in [-0.05, 0) is 51.0 Å². The number of hydrogen-bond acceptors (Lipinski definition) is 7. The number of aromatic nitrogens is 4. The van der Waals surface area contributed by atoms with Gasteiger partial charge >= 0.3 is 0 Å². The number of thiazole rings is 1. The minimum Gasteiger partial charge on any atom is -0.489 e. The minimum atomic E-state index is -0.388. The molecule has 0 saturated heterocycles. The lowest BCUT2D eigenvalue weighted by Gasteiger charge is -2.08. The highest BCUT2D eigenvalue weighted by Crippen LogP contribution is 2.26. The molecule has 0 spiro atoms. The first-order chi connectivity index (χ1) is 14.9. The van der Waals surface area contributed by atoms with Crippen LogP contribution in [0.5, 0.6) is 5.75 Å². The number of carbonyl (C=O) groups is 1. The lowest BCUT2D eigenvalue weighted by Crippen LogP contribution is -2.15. The van der Waals surface area contributed by atoms with Crippen LogP contribution in [0.25, 0.3) is 11.3 Å². The zero-order valence-corrected chi connectivity index (χ0v) is 18.6. The molecule has 1 amide bonds. The molecule has 0 unspecified atom stereocenters. The largest absolute Gasteiger partial charge is 0.489 e. The van der Waals surface area contributed by atoms with Gasteiger partial charge in [0.1, 0.15) is 18.1 Å². The molecule has 1 aromatic carbocycles. The van der Waals surface area contributed by atoms with Gasteiger partial charge in [0.25, 0.3) is 5.91 Å². The molecule has 4 rings (SSSR count). The first kappa shape index (κ1) is 20.8. The van der Waals surface area contributed by atoms with Crippen LogP contribution in [0.15, 0.2) is 40.5 Å². The Morgan fingerprint density at radius 2 is 2.00 bits per heavy atom. The fourth-order valence-electron chi connectivity index (χ4n) is 3.20. The van der Waals surface area contributed by atoms with E-state index in [4.69, 9.17) is 9.26 Å². The molecule has 3 heterocycles. The summed E-state index contributed by atoms with van der Waals surface area (Å²) < 4.78 is 13.0. The van der Waals surface area contributed by atoms with Gasteiger partial charge in [0.05, 0.1) is 17.5 Å². The zero-order valence-electron chi connectivity index (χ0n) is 17.8. The van der Waals surface area contributed by atoms with Crippen LogP contribution in [0, 0.1) is 20.8 Å². The molecule has 0 fully saturated rings. The molecule has 3 aromatic heterocycles. The minimum absolute atomic E-state index is 0.181. The summed E-state index contributed by atoms with van der Waals surface area (Å²) in [6, 6.07) is 5.98. The highest BCUT2D eigenvalue weighted by atomic mass is 32.1. The van der Waals surface area contributed by atoms with E-state index in [9.17, 15) is 4.79 Å². The number of nitrogens with zero attached hydrogens (tertiary/aromatic N) is 4. The first-order valence-electron chi connectivity index (χ1n) is 9.89. The molecule has 0 aliphatic rings. The number of carbonyl (C=O) groups excluding carboxylic acids is 1. The van der Waals surface area contributed by atoms with Crippen molar-refractivity contribution >= 4 is 22.4 Å². The maximum atomic E-state index is 12.8. The predicted molar refractivity (Wildman–Crippen MR) is 118 cm³/mol. The molecule has 1 N–H and O–H groups in total. The topological polar surface area (TPSA) is 95.1 Å². The Bertz CT molecular complexity index is 1200. The van der Waals surface area contributed by atoms with Crippen molar-refractivity contribution < 1.29 is 14.1 Å². The van der Waals surface area contributed by atoms with Crippen LogP contribution >= 0.6 is 11.3 Å². The number of anilines is 1. The molecule has 0 saturated carbocycles. The van der Waals surface area contributed by atoms with Crippen LogP contribution in [-0.2, 0) is 13.2 Å². The second-order valence-corrected chi connectivity index (χ2v) is 8.11. The highest BCUT2D eigenvalue weighted by Gasteiger charge is 2.22. The molecule has 8 nitrogen and oxygen atoms in total. The van der Waals surface area contributed by atoms with Gasteiger partial charge in [-0.15, -0.1) is 11.3 Å². The number of ether oxygens (including phenoxy) is 1. The van der Waals surface area contributed by atoms with Gasteiger partial charge in [0.2, 0.25) is 0 Å². The smallest absolute Gasteiger partial charge is 0.280 e. The first-order valence-corrected chi connectivity index (χ1v) is 10.8. The number of nitrogens with one attached hydrogen (secondary N) is 1. The Balaban J connectivity index is 1.47. The molecule has 9 heteroatoms. The second-order valence-electron chi connectivity index (χ2n) is 7.25. The summed E-state index contributed by atoms with van der Waals surface area (Å²) in [5, 5.41) is 13.4. The summed E-state index contributed by atoms with van der Waals surface area (Å²) in [5.74, 6) is 0.893. The van der Waals surface area contributed by atoms with Crippen molar-refractivity contribution in [1.82, 2.24) is 19.9 Å². The van der Waals surface area contributed by atoms with E-state index < -0.39 is 0 Å². The highest BCUT2D eigenvalue weighted by molar-refractivity contribution is 7.14. The molecule has 0 aliphatic heterocycles. The van der Waals surface area contributed by atoms with Gasteiger partial charge in [-0.3, -0.25) is 14.8 Å². The average Bonchev–Trinajstić information content (AvgIpc) is 3.45. The molecular formula is C22H23N5O3S. The SMILES string of the molecule is CCn1cc(-c2csc(NC(=O)c3noc(C)c3COc3cc(C)cc(C)c3)n2)cn1. The van der Waals surface area contributed by atoms with Gasteiger partial charge in [0, 0.05) is 23.7 Å². The normalized spacial score (nSPS) is 11.0. The van der Waals surface area contributed by atoms with Gasteiger partial charge in [-0.2, -0.15) is 5.10 Å². The molecule has 31 heavy (non-hydrogen) atoms. The fraction of sp³-hybridized carbons (Fsp3) is 0.273. The lowest BCUT2D eigenvalue weighted by molar-refractivity contribution is 0.101. The fourth-order valence-corrected chi connectivity index (χ4v) is 3.91. The maximum Gasteiger partial charge on any atom is 0.280 e. The Hall–Kier alpha value is -3.46. The molecule has 0 atom stereocenters. The second kappa shape index (κ2) is 8.73. The summed E-state index contributed by atoms with van der Waals surface area (Å²) in [4.78, 5) is 17.3. The Morgan fingerprint density at radius 1 is 1.23 bits per heavy atom. The summed E-state index contributed by atoms with van der Waals surface area (Å²) in [7, 11) is 0. The van der Waals surface area contributed by atoms with E-state index in [1.54, 1.807) is 13.1 Å². The third-order valence-corrected chi connectivity index (χ3v) is 5.51. The molecule has 0 bridgehead atoms. The van der Waals surface area contributed by atoms with E-state index in [2.05, 4.69) is 26.6 Å². The van der Waals surface area contributed by atoms with Crippen molar-refractivity contribution in [3.8, 4) is 17.0 Å². The standard InChI is InChI=1S/C22H23N5O3S/c1-5-27-10-16(9-23-27)19-12-31-22(24-19)25-21(28)20-18(15(4)30-26-20)11-29-17-7-13(2)6-14(3)8-17/h6-10,12H,5,11H2,1-4H3,(H,24,25,28). The van der Waals surface area contributed by atoms with Gasteiger partial charge in [0.15, 0.2) is 10.8 Å². The zero-order chi connectivity index (χ0) is 22.0. The summed E-state index contributed by atoms with van der Waals surface area (Å²) in [6.45, 7) is 8.77. The summed E-state index contributed by atoms with van der Waals surface area (Å²) >= 11 is 1.34. The molecule has 160 valence electrons. The van der Waals surface area contributed by atoms with E-state index >= 15 is 0 Å². The number of amides is 1. The average molecular weight is 438 g/mol. The third-order valence-electron chi connectivity index (χ3n) is 4.76. The quantitative estimate of drug-likeness (QED) is 0.447. The van der Waals surface area contributed by atoms with Crippen molar-refractivity contribution in [3.63, 3.8) is 0 Å². The Labute approximate surface area is 183 Å².